The van der Waals surface area contributed by atoms with Crippen molar-refractivity contribution in [2.75, 3.05) is 6.54 Å². The van der Waals surface area contributed by atoms with Crippen LogP contribution in [-0.2, 0) is 27.2 Å². The van der Waals surface area contributed by atoms with Crippen molar-refractivity contribution >= 4 is 17.9 Å². The third-order valence-electron chi connectivity index (χ3n) is 5.00. The van der Waals surface area contributed by atoms with E-state index in [0.717, 1.165) is 5.56 Å². The number of nitrogens with one attached hydrogen (secondary N) is 3. The third-order valence-corrected chi connectivity index (χ3v) is 5.00. The first kappa shape index (κ1) is 27.6. The van der Waals surface area contributed by atoms with E-state index in [-0.39, 0.29) is 12.2 Å². The Labute approximate surface area is 205 Å². The van der Waals surface area contributed by atoms with Gasteiger partial charge in [-0.1, -0.05) is 24.3 Å². The molecule has 0 aliphatic carbocycles. The molecular formula is C26H34FN3O5. The summed E-state index contributed by atoms with van der Waals surface area (Å²) in [5.41, 5.74) is -0.481. The van der Waals surface area contributed by atoms with E-state index in [0.29, 0.717) is 18.5 Å². The molecule has 0 heterocycles. The molecule has 0 aliphatic rings. The van der Waals surface area contributed by atoms with Crippen LogP contribution in [0.1, 0.15) is 45.7 Å². The van der Waals surface area contributed by atoms with Gasteiger partial charge in [0.2, 0.25) is 11.8 Å². The van der Waals surface area contributed by atoms with E-state index >= 15 is 0 Å². The fraction of sp³-hybridized carbons (Fsp3) is 0.423. The number of ether oxygens (including phenoxy) is 1. The van der Waals surface area contributed by atoms with Crippen molar-refractivity contribution in [3.05, 3.63) is 65.5 Å². The van der Waals surface area contributed by atoms with Gasteiger partial charge in [-0.15, -0.1) is 0 Å². The molecule has 0 saturated carbocycles. The monoisotopic (exact) mass is 487 g/mol. The van der Waals surface area contributed by atoms with Crippen LogP contribution in [0.25, 0.3) is 0 Å². The fourth-order valence-corrected chi connectivity index (χ4v) is 3.17. The van der Waals surface area contributed by atoms with Crippen molar-refractivity contribution in [1.29, 1.82) is 0 Å². The fourth-order valence-electron chi connectivity index (χ4n) is 3.17. The molecule has 3 amide bonds. The number of benzene rings is 2. The average molecular weight is 488 g/mol. The predicted molar refractivity (Wildman–Crippen MR) is 130 cm³/mol. The zero-order valence-corrected chi connectivity index (χ0v) is 20.8. The summed E-state index contributed by atoms with van der Waals surface area (Å²) in [5, 5.41) is 17.4. The van der Waals surface area contributed by atoms with Crippen LogP contribution in [0.5, 0.6) is 5.75 Å². The lowest BCUT2D eigenvalue weighted by Crippen LogP contribution is -2.60. The first-order valence-electron chi connectivity index (χ1n) is 11.4. The number of hydrogen-bond donors (Lipinski definition) is 4. The standard InChI is InChI=1S/C26H34FN3O5/c1-25(2,3)35-24(34)29-21(16-18-6-10-19(27)11-7-18)22(32)30-26(4,5)23(33)28-15-14-17-8-12-20(31)13-9-17/h6-13,21,31H,14-16H2,1-5H3,(H,28,33)(H,29,34)(H,30,32)/t21-/m0/s1. The molecule has 0 aliphatic heterocycles. The Kier molecular flexibility index (Phi) is 9.22. The average Bonchev–Trinajstić information content (AvgIpc) is 2.74. The number of phenols is 1. The molecule has 0 bridgehead atoms. The molecule has 9 heteroatoms. The number of rotatable bonds is 9. The molecule has 0 saturated heterocycles. The summed E-state index contributed by atoms with van der Waals surface area (Å²) in [6, 6.07) is 11.2. The SMILES string of the molecule is CC(C)(C)OC(=O)N[C@@H](Cc1ccc(F)cc1)C(=O)NC(C)(C)C(=O)NCCc1ccc(O)cc1. The minimum absolute atomic E-state index is 0.0733. The number of carbonyl (C=O) groups excluding carboxylic acids is 3. The van der Waals surface area contributed by atoms with Crippen LogP contribution in [-0.4, -0.2) is 46.7 Å². The van der Waals surface area contributed by atoms with Gasteiger partial charge in [-0.05, 0) is 76.4 Å². The summed E-state index contributed by atoms with van der Waals surface area (Å²) in [6.45, 7) is 8.55. The first-order chi connectivity index (χ1) is 16.2. The molecule has 0 fully saturated rings. The van der Waals surface area contributed by atoms with Gasteiger partial charge >= 0.3 is 6.09 Å². The lowest BCUT2D eigenvalue weighted by Gasteiger charge is -2.29. The Hall–Kier alpha value is -3.62. The summed E-state index contributed by atoms with van der Waals surface area (Å²) in [4.78, 5) is 38.2. The van der Waals surface area contributed by atoms with Gasteiger partial charge < -0.3 is 25.8 Å². The lowest BCUT2D eigenvalue weighted by molar-refractivity contribution is -0.133. The van der Waals surface area contributed by atoms with Crippen LogP contribution in [0.15, 0.2) is 48.5 Å². The van der Waals surface area contributed by atoms with Crippen molar-refractivity contribution in [3.8, 4) is 5.75 Å². The van der Waals surface area contributed by atoms with E-state index < -0.39 is 40.9 Å². The van der Waals surface area contributed by atoms with Gasteiger partial charge in [0.1, 0.15) is 28.7 Å². The van der Waals surface area contributed by atoms with Gasteiger partial charge in [0.25, 0.3) is 0 Å². The molecule has 2 aromatic carbocycles. The molecule has 190 valence electrons. The second-order valence-corrected chi connectivity index (χ2v) is 9.82. The topological polar surface area (TPSA) is 117 Å². The Morgan fingerprint density at radius 1 is 0.943 bits per heavy atom. The van der Waals surface area contributed by atoms with Crippen molar-refractivity contribution in [2.45, 2.75) is 64.6 Å². The largest absolute Gasteiger partial charge is 0.508 e. The lowest BCUT2D eigenvalue weighted by atomic mass is 10.0. The molecule has 0 aromatic heterocycles. The predicted octanol–water partition coefficient (Wildman–Crippen LogP) is 3.22. The summed E-state index contributed by atoms with van der Waals surface area (Å²) in [6.07, 6.45) is -0.163. The zero-order valence-electron chi connectivity index (χ0n) is 20.8. The molecule has 0 spiro atoms. The minimum Gasteiger partial charge on any atom is -0.508 e. The van der Waals surface area contributed by atoms with Gasteiger partial charge in [-0.3, -0.25) is 9.59 Å². The molecule has 4 N–H and O–H groups in total. The number of phenolic OH excluding ortho intramolecular Hbond substituents is 1. The molecule has 8 nitrogen and oxygen atoms in total. The van der Waals surface area contributed by atoms with Crippen LogP contribution in [0.2, 0.25) is 0 Å². The van der Waals surface area contributed by atoms with E-state index in [2.05, 4.69) is 16.0 Å². The van der Waals surface area contributed by atoms with Crippen molar-refractivity contribution in [1.82, 2.24) is 16.0 Å². The quantitative estimate of drug-likeness (QED) is 0.433. The smallest absolute Gasteiger partial charge is 0.408 e. The number of aromatic hydroxyl groups is 1. The molecule has 2 aromatic rings. The number of amides is 3. The maximum atomic E-state index is 13.3. The molecule has 0 radical (unpaired) electrons. The molecule has 0 unspecified atom stereocenters. The normalized spacial score (nSPS) is 12.4. The first-order valence-corrected chi connectivity index (χ1v) is 11.4. The van der Waals surface area contributed by atoms with E-state index in [9.17, 15) is 23.9 Å². The maximum absolute atomic E-state index is 13.3. The van der Waals surface area contributed by atoms with E-state index in [4.69, 9.17) is 4.74 Å². The maximum Gasteiger partial charge on any atom is 0.408 e. The van der Waals surface area contributed by atoms with E-state index in [1.54, 1.807) is 58.9 Å². The van der Waals surface area contributed by atoms with Gasteiger partial charge in [-0.2, -0.15) is 0 Å². The van der Waals surface area contributed by atoms with Crippen molar-refractivity contribution < 1.29 is 28.6 Å². The van der Waals surface area contributed by atoms with Crippen LogP contribution in [0.3, 0.4) is 0 Å². The highest BCUT2D eigenvalue weighted by atomic mass is 19.1. The number of hydrogen-bond acceptors (Lipinski definition) is 5. The summed E-state index contributed by atoms with van der Waals surface area (Å²) in [7, 11) is 0. The third kappa shape index (κ3) is 9.64. The number of alkyl carbamates (subject to hydrolysis) is 1. The van der Waals surface area contributed by atoms with Crippen LogP contribution in [0, 0.1) is 5.82 Å². The summed E-state index contributed by atoms with van der Waals surface area (Å²) in [5.74, 6) is -1.24. The minimum atomic E-state index is -1.28. The van der Waals surface area contributed by atoms with Crippen LogP contribution >= 0.6 is 0 Å². The van der Waals surface area contributed by atoms with Gasteiger partial charge in [0.15, 0.2) is 0 Å². The van der Waals surface area contributed by atoms with E-state index in [1.165, 1.54) is 24.3 Å². The highest BCUT2D eigenvalue weighted by Crippen LogP contribution is 2.12. The zero-order chi connectivity index (χ0) is 26.2. The van der Waals surface area contributed by atoms with Crippen LogP contribution < -0.4 is 16.0 Å². The van der Waals surface area contributed by atoms with E-state index in [1.807, 2.05) is 0 Å². The van der Waals surface area contributed by atoms with Gasteiger partial charge in [0.05, 0.1) is 0 Å². The number of halogens is 1. The molecule has 35 heavy (non-hydrogen) atoms. The summed E-state index contributed by atoms with van der Waals surface area (Å²) >= 11 is 0. The van der Waals surface area contributed by atoms with Crippen molar-refractivity contribution in [3.63, 3.8) is 0 Å². The van der Waals surface area contributed by atoms with Gasteiger partial charge in [-0.25, -0.2) is 9.18 Å². The second kappa shape index (κ2) is 11.7. The molecule has 1 atom stereocenters. The van der Waals surface area contributed by atoms with Gasteiger partial charge in [0, 0.05) is 13.0 Å². The Balaban J connectivity index is 2.03. The highest BCUT2D eigenvalue weighted by molar-refractivity contribution is 5.93. The Morgan fingerprint density at radius 2 is 1.51 bits per heavy atom. The molecule has 2 rings (SSSR count). The Bertz CT molecular complexity index is 1010. The second-order valence-electron chi connectivity index (χ2n) is 9.82. The van der Waals surface area contributed by atoms with Crippen molar-refractivity contribution in [2.24, 2.45) is 0 Å². The molecular weight excluding hydrogens is 453 g/mol. The Morgan fingerprint density at radius 3 is 2.09 bits per heavy atom. The number of carbonyl (C=O) groups is 3. The van der Waals surface area contributed by atoms with Crippen LogP contribution in [0.4, 0.5) is 9.18 Å². The highest BCUT2D eigenvalue weighted by Gasteiger charge is 2.33. The summed E-state index contributed by atoms with van der Waals surface area (Å²) < 4.78 is 18.6.